The zero-order valence-corrected chi connectivity index (χ0v) is 12.6. The van der Waals surface area contributed by atoms with E-state index in [1.807, 2.05) is 6.20 Å². The number of rotatable bonds is 4. The van der Waals surface area contributed by atoms with E-state index in [1.165, 1.54) is 5.56 Å². The molecule has 0 atom stereocenters. The molecule has 2 heterocycles. The van der Waals surface area contributed by atoms with Crippen molar-refractivity contribution in [2.24, 2.45) is 0 Å². The van der Waals surface area contributed by atoms with E-state index in [2.05, 4.69) is 60.1 Å². The van der Waals surface area contributed by atoms with Crippen LogP contribution >= 0.6 is 0 Å². The van der Waals surface area contributed by atoms with Crippen LogP contribution in [-0.4, -0.2) is 53.5 Å². The number of pyridine rings is 1. The first-order chi connectivity index (χ1) is 9.01. The summed E-state index contributed by atoms with van der Waals surface area (Å²) in [5, 5.41) is 3.27. The van der Waals surface area contributed by atoms with E-state index >= 15 is 0 Å². The van der Waals surface area contributed by atoms with E-state index in [0.717, 1.165) is 38.5 Å². The van der Waals surface area contributed by atoms with E-state index < -0.39 is 0 Å². The molecule has 0 saturated carbocycles. The Morgan fingerprint density at radius 1 is 1.37 bits per heavy atom. The van der Waals surface area contributed by atoms with Crippen molar-refractivity contribution in [1.82, 2.24) is 14.8 Å². The fraction of sp³-hybridized carbons (Fsp3) is 0.667. The maximum Gasteiger partial charge on any atom is 0.126 e. The molecule has 106 valence electrons. The first-order valence-corrected chi connectivity index (χ1v) is 7.13. The fourth-order valence-electron chi connectivity index (χ4n) is 2.58. The van der Waals surface area contributed by atoms with Crippen molar-refractivity contribution >= 4 is 5.82 Å². The van der Waals surface area contributed by atoms with Gasteiger partial charge in [-0.05, 0) is 45.5 Å². The molecule has 1 saturated heterocycles. The van der Waals surface area contributed by atoms with Crippen molar-refractivity contribution in [1.29, 1.82) is 0 Å². The highest BCUT2D eigenvalue weighted by atomic mass is 15.3. The molecule has 0 bridgehead atoms. The summed E-state index contributed by atoms with van der Waals surface area (Å²) in [6, 6.07) is 4.28. The highest BCUT2D eigenvalue weighted by Gasteiger charge is 2.30. The molecule has 1 fully saturated rings. The van der Waals surface area contributed by atoms with Gasteiger partial charge >= 0.3 is 0 Å². The van der Waals surface area contributed by atoms with Gasteiger partial charge in [0.2, 0.25) is 0 Å². The van der Waals surface area contributed by atoms with Crippen LogP contribution in [0.4, 0.5) is 5.82 Å². The summed E-state index contributed by atoms with van der Waals surface area (Å²) >= 11 is 0. The lowest BCUT2D eigenvalue weighted by Gasteiger charge is -2.45. The SMILES string of the molecule is CCNc1cc(CN2CCN(C)C(C)(C)C2)ccn1. The number of piperazine rings is 1. The van der Waals surface area contributed by atoms with E-state index in [-0.39, 0.29) is 5.54 Å². The highest BCUT2D eigenvalue weighted by Crippen LogP contribution is 2.20. The molecule has 1 aliphatic rings. The van der Waals surface area contributed by atoms with Crippen LogP contribution in [0.25, 0.3) is 0 Å². The smallest absolute Gasteiger partial charge is 0.126 e. The second kappa shape index (κ2) is 5.88. The Kier molecular flexibility index (Phi) is 4.42. The second-order valence-electron chi connectivity index (χ2n) is 6.02. The number of nitrogens with one attached hydrogen (secondary N) is 1. The van der Waals surface area contributed by atoms with Gasteiger partial charge in [-0.2, -0.15) is 0 Å². The summed E-state index contributed by atoms with van der Waals surface area (Å²) < 4.78 is 0. The maximum absolute atomic E-state index is 4.33. The number of likely N-dealkylation sites (N-methyl/N-ethyl adjacent to an activating group) is 1. The van der Waals surface area contributed by atoms with Crippen molar-refractivity contribution in [3.63, 3.8) is 0 Å². The molecule has 0 unspecified atom stereocenters. The molecule has 1 aromatic heterocycles. The Balaban J connectivity index is 1.99. The first-order valence-electron chi connectivity index (χ1n) is 7.13. The second-order valence-corrected chi connectivity index (χ2v) is 6.02. The summed E-state index contributed by atoms with van der Waals surface area (Å²) in [4.78, 5) is 9.30. The standard InChI is InChI=1S/C15H26N4/c1-5-16-14-10-13(6-7-17-14)11-19-9-8-18(4)15(2,3)12-19/h6-7,10H,5,8-9,11-12H2,1-4H3,(H,16,17). The van der Waals surface area contributed by atoms with Crippen molar-refractivity contribution in [3.05, 3.63) is 23.9 Å². The summed E-state index contributed by atoms with van der Waals surface area (Å²) in [5.41, 5.74) is 1.60. The van der Waals surface area contributed by atoms with Crippen LogP contribution in [0.2, 0.25) is 0 Å². The Bertz CT molecular complexity index is 416. The molecular weight excluding hydrogens is 236 g/mol. The lowest BCUT2D eigenvalue weighted by Crippen LogP contribution is -2.57. The van der Waals surface area contributed by atoms with Crippen molar-refractivity contribution in [2.75, 3.05) is 38.5 Å². The first kappa shape index (κ1) is 14.3. The van der Waals surface area contributed by atoms with Gasteiger partial charge in [0, 0.05) is 44.5 Å². The van der Waals surface area contributed by atoms with Crippen LogP contribution < -0.4 is 5.32 Å². The van der Waals surface area contributed by atoms with Gasteiger partial charge in [-0.25, -0.2) is 4.98 Å². The molecule has 0 aromatic carbocycles. The van der Waals surface area contributed by atoms with Crippen molar-refractivity contribution < 1.29 is 0 Å². The molecule has 4 heteroatoms. The van der Waals surface area contributed by atoms with Crippen LogP contribution in [0.15, 0.2) is 18.3 Å². The Hall–Kier alpha value is -1.13. The number of aromatic nitrogens is 1. The zero-order valence-electron chi connectivity index (χ0n) is 12.6. The van der Waals surface area contributed by atoms with Crippen molar-refractivity contribution in [3.8, 4) is 0 Å². The molecule has 19 heavy (non-hydrogen) atoms. The minimum Gasteiger partial charge on any atom is -0.370 e. The van der Waals surface area contributed by atoms with Crippen LogP contribution in [0.5, 0.6) is 0 Å². The molecule has 4 nitrogen and oxygen atoms in total. The van der Waals surface area contributed by atoms with E-state index in [4.69, 9.17) is 0 Å². The molecule has 0 amide bonds. The van der Waals surface area contributed by atoms with Gasteiger partial charge in [-0.15, -0.1) is 0 Å². The average molecular weight is 262 g/mol. The molecule has 0 spiro atoms. The quantitative estimate of drug-likeness (QED) is 0.900. The van der Waals surface area contributed by atoms with Crippen LogP contribution in [-0.2, 0) is 6.54 Å². The minimum atomic E-state index is 0.260. The van der Waals surface area contributed by atoms with Crippen LogP contribution in [0, 0.1) is 0 Å². The summed E-state index contributed by atoms with van der Waals surface area (Å²) in [6.45, 7) is 12.0. The van der Waals surface area contributed by atoms with E-state index in [9.17, 15) is 0 Å². The van der Waals surface area contributed by atoms with Gasteiger partial charge in [0.25, 0.3) is 0 Å². The Morgan fingerprint density at radius 2 is 2.16 bits per heavy atom. The third-order valence-electron chi connectivity index (χ3n) is 3.98. The highest BCUT2D eigenvalue weighted by molar-refractivity contribution is 5.37. The number of hydrogen-bond acceptors (Lipinski definition) is 4. The normalized spacial score (nSPS) is 20.4. The molecular formula is C15H26N4. The van der Waals surface area contributed by atoms with Gasteiger partial charge in [0.05, 0.1) is 0 Å². The fourth-order valence-corrected chi connectivity index (χ4v) is 2.58. The molecule has 1 N–H and O–H groups in total. The van der Waals surface area contributed by atoms with E-state index in [0.29, 0.717) is 0 Å². The van der Waals surface area contributed by atoms with E-state index in [1.54, 1.807) is 0 Å². The molecule has 1 aliphatic heterocycles. The van der Waals surface area contributed by atoms with Gasteiger partial charge in [0.1, 0.15) is 5.82 Å². The minimum absolute atomic E-state index is 0.260. The lowest BCUT2D eigenvalue weighted by atomic mass is 9.99. The Morgan fingerprint density at radius 3 is 2.84 bits per heavy atom. The average Bonchev–Trinajstić information content (AvgIpc) is 2.34. The molecule has 0 aliphatic carbocycles. The van der Waals surface area contributed by atoms with Gasteiger partial charge in [0.15, 0.2) is 0 Å². The molecule has 0 radical (unpaired) electrons. The number of hydrogen-bond donors (Lipinski definition) is 1. The third-order valence-corrected chi connectivity index (χ3v) is 3.98. The molecule has 1 aromatic rings. The number of nitrogens with zero attached hydrogens (tertiary/aromatic N) is 3. The largest absolute Gasteiger partial charge is 0.370 e. The summed E-state index contributed by atoms with van der Waals surface area (Å²) in [6.07, 6.45) is 1.90. The topological polar surface area (TPSA) is 31.4 Å². The zero-order chi connectivity index (χ0) is 13.9. The summed E-state index contributed by atoms with van der Waals surface area (Å²) in [5.74, 6) is 0.980. The third kappa shape index (κ3) is 3.67. The van der Waals surface area contributed by atoms with Crippen LogP contribution in [0.1, 0.15) is 26.3 Å². The molecule has 2 rings (SSSR count). The van der Waals surface area contributed by atoms with Crippen LogP contribution in [0.3, 0.4) is 0 Å². The monoisotopic (exact) mass is 262 g/mol. The predicted molar refractivity (Wildman–Crippen MR) is 80.4 cm³/mol. The van der Waals surface area contributed by atoms with Gasteiger partial charge in [-0.1, -0.05) is 0 Å². The van der Waals surface area contributed by atoms with Crippen molar-refractivity contribution in [2.45, 2.75) is 32.9 Å². The van der Waals surface area contributed by atoms with Gasteiger partial charge in [-0.3, -0.25) is 9.80 Å². The summed E-state index contributed by atoms with van der Waals surface area (Å²) in [7, 11) is 2.22. The lowest BCUT2D eigenvalue weighted by molar-refractivity contribution is 0.0360. The Labute approximate surface area is 116 Å². The maximum atomic E-state index is 4.33. The van der Waals surface area contributed by atoms with Gasteiger partial charge < -0.3 is 5.32 Å². The number of anilines is 1. The predicted octanol–water partition coefficient (Wildman–Crippen LogP) is 2.04.